The Morgan fingerprint density at radius 2 is 1.64 bits per heavy atom. The molecule has 0 N–H and O–H groups in total. The molecule has 1 aliphatic carbocycles. The Morgan fingerprint density at radius 3 is 2.29 bits per heavy atom. The molecule has 3 aromatic rings. The fraction of sp³-hybridized carbons (Fsp3) is 0.250. The summed E-state index contributed by atoms with van der Waals surface area (Å²) >= 11 is 1.53. The molecule has 1 aliphatic heterocycles. The second-order valence-electron chi connectivity index (χ2n) is 6.80. The van der Waals surface area contributed by atoms with Gasteiger partial charge in [0.15, 0.2) is 11.0 Å². The van der Waals surface area contributed by atoms with Crippen molar-refractivity contribution in [1.82, 2.24) is 24.6 Å². The molecule has 0 unspecified atom stereocenters. The van der Waals surface area contributed by atoms with Gasteiger partial charge in [-0.2, -0.15) is 0 Å². The molecule has 2 aromatic heterocycles. The summed E-state index contributed by atoms with van der Waals surface area (Å²) in [7, 11) is 0. The Kier molecular flexibility index (Phi) is 4.20. The second-order valence-corrected chi connectivity index (χ2v) is 7.86. The van der Waals surface area contributed by atoms with Gasteiger partial charge in [-0.3, -0.25) is 24.0 Å². The average Bonchev–Trinajstić information content (AvgIpc) is 3.45. The van der Waals surface area contributed by atoms with Crippen molar-refractivity contribution in [2.24, 2.45) is 0 Å². The molecule has 8 heteroatoms. The minimum absolute atomic E-state index is 0.220. The van der Waals surface area contributed by atoms with Crippen molar-refractivity contribution in [1.29, 1.82) is 0 Å². The molecule has 2 amide bonds. The summed E-state index contributed by atoms with van der Waals surface area (Å²) in [6, 6.07) is 11.2. The van der Waals surface area contributed by atoms with E-state index in [4.69, 9.17) is 0 Å². The van der Waals surface area contributed by atoms with Crippen molar-refractivity contribution in [2.45, 2.75) is 24.0 Å². The van der Waals surface area contributed by atoms with E-state index in [2.05, 4.69) is 19.7 Å². The highest BCUT2D eigenvalue weighted by Crippen LogP contribution is 2.41. The van der Waals surface area contributed by atoms with Crippen LogP contribution in [0.2, 0.25) is 0 Å². The monoisotopic (exact) mass is 391 g/mol. The van der Waals surface area contributed by atoms with Gasteiger partial charge in [-0.25, -0.2) is 0 Å². The molecule has 0 atom stereocenters. The van der Waals surface area contributed by atoms with Crippen LogP contribution in [0.25, 0.3) is 11.4 Å². The molecule has 2 aliphatic rings. The fourth-order valence-electron chi connectivity index (χ4n) is 3.41. The van der Waals surface area contributed by atoms with E-state index in [1.807, 2.05) is 12.1 Å². The molecule has 0 radical (unpaired) electrons. The highest BCUT2D eigenvalue weighted by Gasteiger charge is 2.35. The maximum atomic E-state index is 12.5. The molecule has 3 heterocycles. The molecule has 0 bridgehead atoms. The topological polar surface area (TPSA) is 81.0 Å². The van der Waals surface area contributed by atoms with Crippen LogP contribution in [-0.2, 0) is 0 Å². The van der Waals surface area contributed by atoms with Crippen LogP contribution < -0.4 is 0 Å². The van der Waals surface area contributed by atoms with Gasteiger partial charge >= 0.3 is 0 Å². The van der Waals surface area contributed by atoms with E-state index in [1.54, 1.807) is 36.7 Å². The van der Waals surface area contributed by atoms with E-state index in [-0.39, 0.29) is 11.8 Å². The molecular weight excluding hydrogens is 374 g/mol. The number of nitrogens with zero attached hydrogens (tertiary/aromatic N) is 5. The van der Waals surface area contributed by atoms with Gasteiger partial charge in [0.25, 0.3) is 11.8 Å². The standard InChI is InChI=1S/C20H17N5O2S/c26-18-15-3-1-2-4-16(15)19(27)24(18)11-12-28-20-23-22-17(25(20)14-5-6-14)13-7-9-21-10-8-13/h1-4,7-10,14H,5-6,11-12H2. The lowest BCUT2D eigenvalue weighted by Gasteiger charge is -2.13. The Hall–Kier alpha value is -3.00. The summed E-state index contributed by atoms with van der Waals surface area (Å²) in [5.74, 6) is 0.977. The minimum atomic E-state index is -0.220. The van der Waals surface area contributed by atoms with Crippen molar-refractivity contribution in [3.05, 3.63) is 59.9 Å². The first kappa shape index (κ1) is 17.1. The minimum Gasteiger partial charge on any atom is -0.299 e. The summed E-state index contributed by atoms with van der Waals surface area (Å²) in [6.45, 7) is 0.346. The molecule has 1 aromatic carbocycles. The molecule has 1 fully saturated rings. The van der Waals surface area contributed by atoms with Crippen LogP contribution >= 0.6 is 11.8 Å². The number of hydrogen-bond acceptors (Lipinski definition) is 6. The number of benzene rings is 1. The highest BCUT2D eigenvalue weighted by atomic mass is 32.2. The van der Waals surface area contributed by atoms with Gasteiger partial charge in [-0.05, 0) is 37.1 Å². The second kappa shape index (κ2) is 6.87. The first-order chi connectivity index (χ1) is 13.7. The maximum absolute atomic E-state index is 12.5. The summed E-state index contributed by atoms with van der Waals surface area (Å²) in [5, 5.41) is 9.56. The third-order valence-electron chi connectivity index (χ3n) is 4.94. The molecule has 0 spiro atoms. The largest absolute Gasteiger partial charge is 0.299 e. The Labute approximate surface area is 165 Å². The first-order valence-electron chi connectivity index (χ1n) is 9.17. The molecular formula is C20H17N5O2S. The van der Waals surface area contributed by atoms with Crippen LogP contribution in [0.15, 0.2) is 53.9 Å². The van der Waals surface area contributed by atoms with Crippen LogP contribution in [0.3, 0.4) is 0 Å². The number of carbonyl (C=O) groups excluding carboxylic acids is 2. The van der Waals surface area contributed by atoms with E-state index in [1.165, 1.54) is 16.7 Å². The highest BCUT2D eigenvalue weighted by molar-refractivity contribution is 7.99. The predicted molar refractivity (Wildman–Crippen MR) is 104 cm³/mol. The quantitative estimate of drug-likeness (QED) is 0.475. The third kappa shape index (κ3) is 2.90. The molecule has 7 nitrogen and oxygen atoms in total. The number of pyridine rings is 1. The van der Waals surface area contributed by atoms with E-state index >= 15 is 0 Å². The molecule has 5 rings (SSSR count). The van der Waals surface area contributed by atoms with Crippen molar-refractivity contribution in [2.75, 3.05) is 12.3 Å². The van der Waals surface area contributed by atoms with Crippen LogP contribution in [0.1, 0.15) is 39.6 Å². The van der Waals surface area contributed by atoms with E-state index in [0.717, 1.165) is 29.4 Å². The van der Waals surface area contributed by atoms with Gasteiger partial charge < -0.3 is 0 Å². The lowest BCUT2D eigenvalue weighted by Crippen LogP contribution is -2.31. The zero-order valence-electron chi connectivity index (χ0n) is 15.0. The maximum Gasteiger partial charge on any atom is 0.261 e. The van der Waals surface area contributed by atoms with Gasteiger partial charge in [0, 0.05) is 36.3 Å². The Bertz CT molecular complexity index is 1030. The van der Waals surface area contributed by atoms with Crippen LogP contribution in [0.5, 0.6) is 0 Å². The number of hydrogen-bond donors (Lipinski definition) is 0. The van der Waals surface area contributed by atoms with E-state index in [9.17, 15) is 9.59 Å². The molecule has 140 valence electrons. The van der Waals surface area contributed by atoms with E-state index in [0.29, 0.717) is 29.5 Å². The van der Waals surface area contributed by atoms with Gasteiger partial charge in [0.05, 0.1) is 11.1 Å². The fourth-order valence-corrected chi connectivity index (χ4v) is 4.34. The normalized spacial score (nSPS) is 15.9. The Morgan fingerprint density at radius 1 is 0.964 bits per heavy atom. The zero-order chi connectivity index (χ0) is 19.1. The van der Waals surface area contributed by atoms with Crippen LogP contribution in [0, 0.1) is 0 Å². The number of imide groups is 1. The smallest absolute Gasteiger partial charge is 0.261 e. The number of aromatic nitrogens is 4. The molecule has 1 saturated carbocycles. The third-order valence-corrected chi connectivity index (χ3v) is 5.86. The lowest BCUT2D eigenvalue weighted by molar-refractivity contribution is 0.0664. The predicted octanol–water partition coefficient (Wildman–Crippen LogP) is 3.06. The summed E-state index contributed by atoms with van der Waals surface area (Å²) < 4.78 is 2.17. The van der Waals surface area contributed by atoms with E-state index < -0.39 is 0 Å². The Balaban J connectivity index is 1.31. The van der Waals surface area contributed by atoms with Crippen molar-refractivity contribution in [3.63, 3.8) is 0 Å². The van der Waals surface area contributed by atoms with Crippen LogP contribution in [0.4, 0.5) is 0 Å². The lowest BCUT2D eigenvalue weighted by atomic mass is 10.1. The molecule has 28 heavy (non-hydrogen) atoms. The number of thioether (sulfide) groups is 1. The number of amides is 2. The zero-order valence-corrected chi connectivity index (χ0v) is 15.8. The summed E-state index contributed by atoms with van der Waals surface area (Å²) in [5.41, 5.74) is 1.96. The molecule has 0 saturated heterocycles. The summed E-state index contributed by atoms with van der Waals surface area (Å²) in [4.78, 5) is 30.3. The van der Waals surface area contributed by atoms with Gasteiger partial charge in [-0.15, -0.1) is 10.2 Å². The first-order valence-corrected chi connectivity index (χ1v) is 10.2. The van der Waals surface area contributed by atoms with Gasteiger partial charge in [0.2, 0.25) is 0 Å². The van der Waals surface area contributed by atoms with Crippen LogP contribution in [-0.4, -0.2) is 48.8 Å². The summed E-state index contributed by atoms with van der Waals surface area (Å²) in [6.07, 6.45) is 5.72. The SMILES string of the molecule is O=C1c2ccccc2C(=O)N1CCSc1nnc(-c2ccncc2)n1C1CC1. The number of fused-ring (bicyclic) bond motifs is 1. The average molecular weight is 391 g/mol. The van der Waals surface area contributed by atoms with Crippen molar-refractivity contribution in [3.8, 4) is 11.4 Å². The van der Waals surface area contributed by atoms with Crippen molar-refractivity contribution < 1.29 is 9.59 Å². The number of rotatable bonds is 6. The van der Waals surface area contributed by atoms with Gasteiger partial charge in [-0.1, -0.05) is 23.9 Å². The van der Waals surface area contributed by atoms with Gasteiger partial charge in [0.1, 0.15) is 0 Å². The number of carbonyl (C=O) groups is 2. The van der Waals surface area contributed by atoms with Crippen molar-refractivity contribution >= 4 is 23.6 Å².